The van der Waals surface area contributed by atoms with Gasteiger partial charge in [0.1, 0.15) is 11.2 Å². The van der Waals surface area contributed by atoms with Gasteiger partial charge in [-0.15, -0.1) is 0 Å². The van der Waals surface area contributed by atoms with E-state index in [1.165, 1.54) is 10.8 Å². The number of carboxylic acids is 1. The first kappa shape index (κ1) is 24.9. The average Bonchev–Trinajstić information content (AvgIpc) is 3.57. The number of fused-ring (bicyclic) bond motifs is 4. The maximum absolute atomic E-state index is 15.5. The number of rotatable bonds is 5. The number of nitrogens with two attached hydrogens (primary N) is 1. The van der Waals surface area contributed by atoms with E-state index < -0.39 is 23.0 Å². The van der Waals surface area contributed by atoms with Crippen molar-refractivity contribution in [1.29, 1.82) is 0 Å². The number of halogens is 2. The number of carbonyl (C=O) groups is 1. The number of carboxylic acid groups (broad SMARTS) is 1. The van der Waals surface area contributed by atoms with E-state index in [-0.39, 0.29) is 22.4 Å². The van der Waals surface area contributed by atoms with Crippen molar-refractivity contribution in [2.75, 3.05) is 36.9 Å². The van der Waals surface area contributed by atoms with E-state index in [4.69, 9.17) is 5.73 Å². The second kappa shape index (κ2) is 9.12. The van der Waals surface area contributed by atoms with Gasteiger partial charge in [-0.1, -0.05) is 0 Å². The minimum atomic E-state index is -1.33. The Morgan fingerprint density at radius 2 is 2.03 bits per heavy atom. The van der Waals surface area contributed by atoms with E-state index >= 15 is 4.39 Å². The van der Waals surface area contributed by atoms with Gasteiger partial charge in [-0.2, -0.15) is 0 Å². The number of nitrogens with one attached hydrogen (secondary N) is 1. The molecule has 0 radical (unpaired) electrons. The van der Waals surface area contributed by atoms with Gasteiger partial charge in [0, 0.05) is 86.2 Å². The Labute approximate surface area is 221 Å². The topological polar surface area (TPSA) is 126 Å². The molecule has 1 fully saturated rings. The molecule has 4 aromatic rings. The number of benzene rings is 1. The highest BCUT2D eigenvalue weighted by Gasteiger charge is 2.35. The van der Waals surface area contributed by atoms with Crippen molar-refractivity contribution in [3.8, 4) is 22.3 Å². The molecule has 1 saturated heterocycles. The lowest BCUT2D eigenvalue weighted by Gasteiger charge is -2.26. The largest absolute Gasteiger partial charge is 0.477 e. The molecule has 9 nitrogen and oxygen atoms in total. The number of hydrogen-bond donors (Lipinski definition) is 3. The summed E-state index contributed by atoms with van der Waals surface area (Å²) in [7, 11) is 3.28. The number of aryl methyl sites for hydroxylation is 1. The maximum Gasteiger partial charge on any atom is 0.341 e. The molecule has 3 aromatic heterocycles. The summed E-state index contributed by atoms with van der Waals surface area (Å²) >= 11 is 0. The minimum absolute atomic E-state index is 0.137. The van der Waals surface area contributed by atoms with Crippen LogP contribution in [0.3, 0.4) is 0 Å². The Morgan fingerprint density at radius 1 is 1.23 bits per heavy atom. The molecular formula is C28H26F2N6O3. The van der Waals surface area contributed by atoms with E-state index in [0.29, 0.717) is 71.0 Å². The highest BCUT2D eigenvalue weighted by Crippen LogP contribution is 2.50. The van der Waals surface area contributed by atoms with Gasteiger partial charge in [-0.05, 0) is 30.5 Å². The molecule has 4 heterocycles. The molecule has 1 atom stereocenters. The molecule has 0 spiro atoms. The lowest BCUT2D eigenvalue weighted by molar-refractivity contribution is 0.0695. The van der Waals surface area contributed by atoms with Crippen LogP contribution in [0.4, 0.5) is 20.2 Å². The molecule has 39 heavy (non-hydrogen) atoms. The highest BCUT2D eigenvalue weighted by molar-refractivity contribution is 5.98. The van der Waals surface area contributed by atoms with Crippen LogP contribution in [0.2, 0.25) is 0 Å². The molecule has 6 rings (SSSR count). The third-order valence-electron chi connectivity index (χ3n) is 7.81. The summed E-state index contributed by atoms with van der Waals surface area (Å²) in [4.78, 5) is 36.0. The summed E-state index contributed by atoms with van der Waals surface area (Å²) < 4.78 is 31.7. The molecule has 1 aliphatic heterocycles. The van der Waals surface area contributed by atoms with Gasteiger partial charge in [0.25, 0.3) is 0 Å². The Bertz CT molecular complexity index is 1750. The molecular weight excluding hydrogens is 506 g/mol. The zero-order valence-electron chi connectivity index (χ0n) is 21.4. The predicted molar refractivity (Wildman–Crippen MR) is 144 cm³/mol. The fourth-order valence-electron chi connectivity index (χ4n) is 5.87. The number of hydrogen-bond acceptors (Lipinski definition) is 7. The van der Waals surface area contributed by atoms with Crippen LogP contribution < -0.4 is 21.4 Å². The monoisotopic (exact) mass is 532 g/mol. The van der Waals surface area contributed by atoms with E-state index in [0.717, 1.165) is 12.5 Å². The van der Waals surface area contributed by atoms with Gasteiger partial charge in [-0.3, -0.25) is 9.78 Å². The maximum atomic E-state index is 15.5. The van der Waals surface area contributed by atoms with Gasteiger partial charge >= 0.3 is 5.97 Å². The van der Waals surface area contributed by atoms with E-state index in [1.54, 1.807) is 32.6 Å². The molecule has 0 amide bonds. The number of pyridine rings is 3. The lowest BCUT2D eigenvalue weighted by atomic mass is 9.97. The molecule has 200 valence electrons. The fourth-order valence-corrected chi connectivity index (χ4v) is 5.87. The van der Waals surface area contributed by atoms with Gasteiger partial charge < -0.3 is 25.6 Å². The molecule has 0 bridgehead atoms. The van der Waals surface area contributed by atoms with E-state index in [1.807, 2.05) is 0 Å². The summed E-state index contributed by atoms with van der Waals surface area (Å²) in [5, 5.41) is 12.6. The molecule has 1 aromatic carbocycles. The Hall–Kier alpha value is -4.38. The first-order valence-electron chi connectivity index (χ1n) is 12.6. The number of aromatic carboxylic acids is 1. The summed E-state index contributed by atoms with van der Waals surface area (Å²) in [5.41, 5.74) is 9.49. The smallest absolute Gasteiger partial charge is 0.341 e. The van der Waals surface area contributed by atoms with Crippen LogP contribution >= 0.6 is 0 Å². The van der Waals surface area contributed by atoms with Crippen LogP contribution in [0, 0.1) is 17.6 Å². The fraction of sp³-hybridized carbons (Fsp3) is 0.286. The van der Waals surface area contributed by atoms with Crippen LogP contribution in [-0.4, -0.2) is 52.3 Å². The van der Waals surface area contributed by atoms with Crippen LogP contribution in [-0.2, 0) is 13.5 Å². The molecule has 1 unspecified atom stereocenters. The first-order chi connectivity index (χ1) is 18.7. The van der Waals surface area contributed by atoms with Gasteiger partial charge in [0.2, 0.25) is 5.43 Å². The Morgan fingerprint density at radius 3 is 2.72 bits per heavy atom. The Kier molecular flexibility index (Phi) is 5.83. The van der Waals surface area contributed by atoms with Crippen molar-refractivity contribution in [2.45, 2.75) is 12.8 Å². The van der Waals surface area contributed by atoms with Gasteiger partial charge in [-0.25, -0.2) is 18.6 Å². The van der Waals surface area contributed by atoms with Crippen molar-refractivity contribution in [3.05, 3.63) is 69.4 Å². The van der Waals surface area contributed by atoms with E-state index in [2.05, 4.69) is 20.2 Å². The first-order valence-corrected chi connectivity index (χ1v) is 12.6. The number of nitrogens with zero attached hydrogens (tertiary/aromatic N) is 4. The van der Waals surface area contributed by atoms with Crippen molar-refractivity contribution in [3.63, 3.8) is 0 Å². The van der Waals surface area contributed by atoms with Gasteiger partial charge in [0.05, 0.1) is 16.8 Å². The standard InChI is InChI=1S/C28H26F2N6O3/c1-32-20-7-19(29)24(30)22-15(20)6-21-23(22)25(36-4-3-13(8-31)11-36)17(10-33-21)14-5-16-26(37)18(28(38)39)12-35(2)27(16)34-9-14/h5,7,9-10,12-13,32H,3-4,6,8,11,31H2,1-2H3,(H,38,39). The van der Waals surface area contributed by atoms with Crippen molar-refractivity contribution >= 4 is 28.4 Å². The second-order valence-electron chi connectivity index (χ2n) is 10.1. The van der Waals surface area contributed by atoms with Crippen LogP contribution in [0.25, 0.3) is 33.3 Å². The quantitative estimate of drug-likeness (QED) is 0.315. The molecule has 1 aliphatic carbocycles. The zero-order chi connectivity index (χ0) is 27.6. The second-order valence-corrected chi connectivity index (χ2v) is 10.1. The Balaban J connectivity index is 1.65. The zero-order valence-corrected chi connectivity index (χ0v) is 21.4. The summed E-state index contributed by atoms with van der Waals surface area (Å²) in [6.07, 6.45) is 5.66. The molecule has 0 saturated carbocycles. The normalized spacial score (nSPS) is 16.0. The van der Waals surface area contributed by atoms with E-state index in [9.17, 15) is 19.1 Å². The van der Waals surface area contributed by atoms with Crippen LogP contribution in [0.15, 0.2) is 35.5 Å². The summed E-state index contributed by atoms with van der Waals surface area (Å²) in [6.45, 7) is 1.77. The van der Waals surface area contributed by atoms with Crippen LogP contribution in [0.5, 0.6) is 0 Å². The summed E-state index contributed by atoms with van der Waals surface area (Å²) in [5.74, 6) is -3.00. The molecule has 11 heteroatoms. The van der Waals surface area contributed by atoms with Gasteiger partial charge in [0.15, 0.2) is 11.6 Å². The van der Waals surface area contributed by atoms with Crippen LogP contribution in [0.1, 0.15) is 28.0 Å². The third-order valence-corrected chi connectivity index (χ3v) is 7.81. The highest BCUT2D eigenvalue weighted by atomic mass is 19.2. The number of anilines is 2. The van der Waals surface area contributed by atoms with Crippen molar-refractivity contribution in [2.24, 2.45) is 18.7 Å². The minimum Gasteiger partial charge on any atom is -0.477 e. The molecule has 4 N–H and O–H groups in total. The lowest BCUT2D eigenvalue weighted by Crippen LogP contribution is -2.24. The third kappa shape index (κ3) is 3.75. The number of aromatic nitrogens is 3. The van der Waals surface area contributed by atoms with Crippen molar-refractivity contribution in [1.82, 2.24) is 14.5 Å². The predicted octanol–water partition coefficient (Wildman–Crippen LogP) is 3.37. The summed E-state index contributed by atoms with van der Waals surface area (Å²) in [6, 6.07) is 2.75. The molecule has 2 aliphatic rings. The van der Waals surface area contributed by atoms with Crippen molar-refractivity contribution < 1.29 is 18.7 Å². The average molecular weight is 533 g/mol. The SMILES string of the molecule is CNc1cc(F)c(F)c2c1Cc1ncc(-c3cnc4c(c3)c(=O)c(C(=O)O)cn4C)c(N3CCC(CN)C3)c1-2.